The maximum atomic E-state index is 13.4. The van der Waals surface area contributed by atoms with Crippen LogP contribution in [0.4, 0.5) is 5.82 Å². The number of anilines is 1. The molecule has 0 spiro atoms. The summed E-state index contributed by atoms with van der Waals surface area (Å²) in [5.74, 6) is 1.28. The summed E-state index contributed by atoms with van der Waals surface area (Å²) >= 11 is 6.84. The molecule has 1 amide bonds. The molecule has 2 aliphatic heterocycles. The van der Waals surface area contributed by atoms with E-state index in [0.29, 0.717) is 33.8 Å². The average molecular weight is 507 g/mol. The largest absolute Gasteiger partial charge is 0.357 e. The van der Waals surface area contributed by atoms with E-state index in [1.807, 2.05) is 44.2 Å². The predicted octanol–water partition coefficient (Wildman–Crippen LogP) is 4.99. The molecule has 2 aromatic rings. The van der Waals surface area contributed by atoms with Crippen molar-refractivity contribution in [2.75, 3.05) is 18.0 Å². The van der Waals surface area contributed by atoms with E-state index in [1.54, 1.807) is 16.4 Å². The summed E-state index contributed by atoms with van der Waals surface area (Å²) in [6.45, 7) is 10.5. The molecule has 2 fully saturated rings. The van der Waals surface area contributed by atoms with Crippen LogP contribution in [0.25, 0.3) is 6.08 Å². The fourth-order valence-corrected chi connectivity index (χ4v) is 5.88. The number of aromatic nitrogens is 1. The number of thiocarbonyl (C=S) groups is 1. The minimum Gasteiger partial charge on any atom is -0.357 e. The Balaban J connectivity index is 1.78. The second kappa shape index (κ2) is 10.4. The second-order valence-corrected chi connectivity index (χ2v) is 11.0. The summed E-state index contributed by atoms with van der Waals surface area (Å²) in [4.78, 5) is 30.9. The highest BCUT2D eigenvalue weighted by molar-refractivity contribution is 8.26. The molecule has 0 unspecified atom stereocenters. The molecule has 0 N–H and O–H groups in total. The van der Waals surface area contributed by atoms with Crippen LogP contribution in [0.5, 0.6) is 0 Å². The highest BCUT2D eigenvalue weighted by Gasteiger charge is 2.33. The van der Waals surface area contributed by atoms with Crippen molar-refractivity contribution < 1.29 is 4.79 Å². The van der Waals surface area contributed by atoms with Gasteiger partial charge in [0.25, 0.3) is 11.5 Å². The van der Waals surface area contributed by atoms with Gasteiger partial charge in [-0.1, -0.05) is 60.7 Å². The Morgan fingerprint density at radius 1 is 1.17 bits per heavy atom. The van der Waals surface area contributed by atoms with Crippen LogP contribution in [0.2, 0.25) is 0 Å². The van der Waals surface area contributed by atoms with Crippen LogP contribution < -0.4 is 10.5 Å². The van der Waals surface area contributed by atoms with E-state index < -0.39 is 0 Å². The van der Waals surface area contributed by atoms with Crippen molar-refractivity contribution in [2.45, 2.75) is 53.6 Å². The second-order valence-electron chi connectivity index (χ2n) is 9.32. The first-order chi connectivity index (χ1) is 16.7. The number of piperidine rings is 1. The smallest absolute Gasteiger partial charge is 0.270 e. The SMILES string of the molecule is CCn1c(N2CCC(C)CC2)c(/C=C2\SC(=S)N(Cc3ccc(C)cc3)C2=O)c(C)c(C#N)c1=O. The molecule has 2 aliphatic rings. The topological polar surface area (TPSA) is 69.3 Å². The van der Waals surface area contributed by atoms with Gasteiger partial charge < -0.3 is 4.90 Å². The van der Waals surface area contributed by atoms with Crippen LogP contribution in [-0.2, 0) is 17.9 Å². The maximum absolute atomic E-state index is 13.4. The fraction of sp³-hybridized carbons (Fsp3) is 0.407. The molecule has 182 valence electrons. The molecule has 1 aromatic carbocycles. The van der Waals surface area contributed by atoms with Gasteiger partial charge in [0.1, 0.15) is 21.8 Å². The van der Waals surface area contributed by atoms with Crippen molar-refractivity contribution in [3.8, 4) is 6.07 Å². The molecular weight excluding hydrogens is 476 g/mol. The Morgan fingerprint density at radius 2 is 1.83 bits per heavy atom. The number of carbonyl (C=O) groups excluding carboxylic acids is 1. The zero-order valence-electron chi connectivity index (χ0n) is 20.6. The molecule has 1 aromatic heterocycles. The highest BCUT2D eigenvalue weighted by atomic mass is 32.2. The summed E-state index contributed by atoms with van der Waals surface area (Å²) in [5.41, 5.74) is 3.40. The Morgan fingerprint density at radius 3 is 2.43 bits per heavy atom. The molecule has 2 saturated heterocycles. The van der Waals surface area contributed by atoms with Crippen molar-refractivity contribution in [1.82, 2.24) is 9.47 Å². The Bertz CT molecular complexity index is 1300. The predicted molar refractivity (Wildman–Crippen MR) is 146 cm³/mol. The van der Waals surface area contributed by atoms with Crippen LogP contribution >= 0.6 is 24.0 Å². The Labute approximate surface area is 216 Å². The Kier molecular flexibility index (Phi) is 7.48. The molecule has 0 aliphatic carbocycles. The standard InChI is InChI=1S/C27H30N4O2S2/c1-5-30-24(29-12-10-18(3)11-13-29)21(19(4)22(15-28)25(30)32)14-23-26(33)31(27(34)35-23)16-20-8-6-17(2)7-9-20/h6-9,14,18H,5,10-13,16H2,1-4H3/b23-14-. The van der Waals surface area contributed by atoms with E-state index in [9.17, 15) is 14.9 Å². The van der Waals surface area contributed by atoms with E-state index in [0.717, 1.165) is 48.4 Å². The van der Waals surface area contributed by atoms with E-state index in [4.69, 9.17) is 12.2 Å². The van der Waals surface area contributed by atoms with Gasteiger partial charge in [0.15, 0.2) is 0 Å². The van der Waals surface area contributed by atoms with Crippen molar-refractivity contribution in [3.05, 3.63) is 67.3 Å². The van der Waals surface area contributed by atoms with Gasteiger partial charge >= 0.3 is 0 Å². The van der Waals surface area contributed by atoms with Crippen LogP contribution in [0.3, 0.4) is 0 Å². The minimum absolute atomic E-state index is 0.127. The quantitative estimate of drug-likeness (QED) is 0.420. The van der Waals surface area contributed by atoms with E-state index >= 15 is 0 Å². The van der Waals surface area contributed by atoms with Gasteiger partial charge in [-0.15, -0.1) is 0 Å². The number of nitriles is 1. The van der Waals surface area contributed by atoms with Gasteiger partial charge in [0, 0.05) is 25.2 Å². The van der Waals surface area contributed by atoms with Crippen LogP contribution in [0.1, 0.15) is 54.5 Å². The number of pyridine rings is 1. The molecule has 6 nitrogen and oxygen atoms in total. The zero-order chi connectivity index (χ0) is 25.3. The Hall–Kier alpha value is -2.89. The lowest BCUT2D eigenvalue weighted by Gasteiger charge is -2.35. The lowest BCUT2D eigenvalue weighted by atomic mass is 9.97. The number of carbonyl (C=O) groups is 1. The van der Waals surface area contributed by atoms with Gasteiger partial charge in [-0.05, 0) is 56.7 Å². The molecule has 0 atom stereocenters. The lowest BCUT2D eigenvalue weighted by Crippen LogP contribution is -2.39. The molecule has 35 heavy (non-hydrogen) atoms. The van der Waals surface area contributed by atoms with E-state index in [2.05, 4.69) is 17.9 Å². The van der Waals surface area contributed by atoms with Gasteiger partial charge in [0.05, 0.1) is 11.4 Å². The summed E-state index contributed by atoms with van der Waals surface area (Å²) in [6.07, 6.45) is 3.91. The number of hydrogen-bond acceptors (Lipinski definition) is 6. The first-order valence-corrected chi connectivity index (χ1v) is 13.2. The van der Waals surface area contributed by atoms with Crippen molar-refractivity contribution in [3.63, 3.8) is 0 Å². The monoisotopic (exact) mass is 506 g/mol. The number of aryl methyl sites for hydroxylation is 1. The van der Waals surface area contributed by atoms with E-state index in [-0.39, 0.29) is 17.0 Å². The number of thioether (sulfide) groups is 1. The number of nitrogens with zero attached hydrogens (tertiary/aromatic N) is 4. The third-order valence-electron chi connectivity index (χ3n) is 6.86. The number of benzene rings is 1. The average Bonchev–Trinajstić information content (AvgIpc) is 3.10. The fourth-order valence-electron chi connectivity index (χ4n) is 4.64. The number of amides is 1. The molecule has 0 bridgehead atoms. The van der Waals surface area contributed by atoms with Crippen LogP contribution in [0.15, 0.2) is 34.0 Å². The molecule has 4 rings (SSSR count). The van der Waals surface area contributed by atoms with Gasteiger partial charge in [-0.3, -0.25) is 19.1 Å². The normalized spacial score (nSPS) is 18.0. The van der Waals surface area contributed by atoms with Crippen LogP contribution in [-0.4, -0.2) is 32.8 Å². The molecule has 3 heterocycles. The van der Waals surface area contributed by atoms with Crippen LogP contribution in [0, 0.1) is 31.1 Å². The first-order valence-electron chi connectivity index (χ1n) is 12.0. The molecular formula is C27H30N4O2S2. The number of hydrogen-bond donors (Lipinski definition) is 0. The van der Waals surface area contributed by atoms with Gasteiger partial charge in [0.2, 0.25) is 0 Å². The summed E-state index contributed by atoms with van der Waals surface area (Å²) in [5, 5.41) is 9.76. The highest BCUT2D eigenvalue weighted by Crippen LogP contribution is 2.37. The third kappa shape index (κ3) is 4.93. The van der Waals surface area contributed by atoms with Crippen molar-refractivity contribution >= 4 is 46.1 Å². The zero-order valence-corrected chi connectivity index (χ0v) is 22.3. The summed E-state index contributed by atoms with van der Waals surface area (Å²) in [6, 6.07) is 10.2. The summed E-state index contributed by atoms with van der Waals surface area (Å²) < 4.78 is 2.19. The lowest BCUT2D eigenvalue weighted by molar-refractivity contribution is -0.122. The maximum Gasteiger partial charge on any atom is 0.270 e. The molecule has 8 heteroatoms. The van der Waals surface area contributed by atoms with E-state index in [1.165, 1.54) is 11.8 Å². The third-order valence-corrected chi connectivity index (χ3v) is 8.23. The van der Waals surface area contributed by atoms with Crippen molar-refractivity contribution in [1.29, 1.82) is 5.26 Å². The number of rotatable bonds is 5. The minimum atomic E-state index is -0.273. The molecule has 0 radical (unpaired) electrons. The van der Waals surface area contributed by atoms with Crippen molar-refractivity contribution in [2.24, 2.45) is 5.92 Å². The molecule has 0 saturated carbocycles. The van der Waals surface area contributed by atoms with Gasteiger partial charge in [-0.25, -0.2) is 0 Å². The van der Waals surface area contributed by atoms with Gasteiger partial charge in [-0.2, -0.15) is 5.26 Å². The first kappa shape index (κ1) is 25.2. The summed E-state index contributed by atoms with van der Waals surface area (Å²) in [7, 11) is 0.